The Morgan fingerprint density at radius 1 is 0.936 bits per heavy atom. The van der Waals surface area contributed by atoms with Crippen LogP contribution in [0, 0.1) is 0 Å². The Labute approximate surface area is 279 Å². The van der Waals surface area contributed by atoms with Crippen LogP contribution >= 0.6 is 0 Å². The van der Waals surface area contributed by atoms with Crippen LogP contribution in [0.4, 0.5) is 16.3 Å². The third-order valence-electron chi connectivity index (χ3n) is 10.6. The molecule has 2 N–H and O–H groups in total. The van der Waals surface area contributed by atoms with Crippen molar-refractivity contribution < 1.29 is 19.4 Å². The molecule has 5 aliphatic heterocycles. The first-order chi connectivity index (χ1) is 22.7. The number of carbonyl (C=O) groups excluding carboxylic acids is 1. The summed E-state index contributed by atoms with van der Waals surface area (Å²) >= 11 is 0. The Balaban J connectivity index is 0.859. The number of carbonyl (C=O) groups is 1. The predicted octanol–water partition coefficient (Wildman–Crippen LogP) is 3.33. The molecule has 47 heavy (non-hydrogen) atoms. The zero-order valence-electron chi connectivity index (χ0n) is 28.3. The molecule has 1 aromatic heterocycles. The third-order valence-corrected chi connectivity index (χ3v) is 10.6. The van der Waals surface area contributed by atoms with Gasteiger partial charge >= 0.3 is 6.09 Å². The van der Waals surface area contributed by atoms with Crippen molar-refractivity contribution in [2.75, 3.05) is 88.8 Å². The Morgan fingerprint density at radius 2 is 1.68 bits per heavy atom. The minimum atomic E-state index is -0.479. The highest BCUT2D eigenvalue weighted by atomic mass is 16.6. The molecule has 256 valence electrons. The van der Waals surface area contributed by atoms with E-state index in [0.29, 0.717) is 49.1 Å². The van der Waals surface area contributed by atoms with Crippen molar-refractivity contribution in [1.29, 1.82) is 0 Å². The van der Waals surface area contributed by atoms with Gasteiger partial charge in [0.1, 0.15) is 11.4 Å². The minimum Gasteiger partial charge on any atom is -0.507 e. The lowest BCUT2D eigenvalue weighted by Crippen LogP contribution is -2.61. The third kappa shape index (κ3) is 7.45. The number of likely N-dealkylation sites (tertiary alicyclic amines) is 2. The van der Waals surface area contributed by atoms with Crippen LogP contribution in [-0.2, 0) is 9.47 Å². The average Bonchev–Trinajstić information content (AvgIpc) is 3.08. The van der Waals surface area contributed by atoms with Crippen LogP contribution < -0.4 is 10.2 Å². The molecule has 5 aliphatic rings. The molecule has 1 amide bonds. The molecular formula is C35H52N8O4. The zero-order chi connectivity index (χ0) is 32.5. The van der Waals surface area contributed by atoms with Crippen LogP contribution in [0.5, 0.6) is 5.75 Å². The normalized spacial score (nSPS) is 25.6. The predicted molar refractivity (Wildman–Crippen MR) is 182 cm³/mol. The highest BCUT2D eigenvalue weighted by molar-refractivity contribution is 5.76. The molecule has 6 heterocycles. The Kier molecular flexibility index (Phi) is 9.46. The van der Waals surface area contributed by atoms with Gasteiger partial charge in [0.25, 0.3) is 0 Å². The maximum absolute atomic E-state index is 12.6. The van der Waals surface area contributed by atoms with Crippen molar-refractivity contribution in [2.45, 2.75) is 76.3 Å². The highest BCUT2D eigenvalue weighted by Crippen LogP contribution is 2.37. The van der Waals surface area contributed by atoms with E-state index in [1.165, 1.54) is 38.8 Å². The minimum absolute atomic E-state index is 0.0455. The molecule has 4 fully saturated rings. The topological polar surface area (TPSA) is 110 Å². The summed E-state index contributed by atoms with van der Waals surface area (Å²) in [5, 5.41) is 22.8. The molecule has 2 aromatic rings. The molecule has 12 heteroatoms. The number of nitrogens with one attached hydrogen (secondary N) is 1. The van der Waals surface area contributed by atoms with Gasteiger partial charge in [-0.15, -0.1) is 10.2 Å². The van der Waals surface area contributed by atoms with Crippen molar-refractivity contribution in [2.24, 2.45) is 0 Å². The molecule has 0 bridgehead atoms. The van der Waals surface area contributed by atoms with Crippen molar-refractivity contribution >= 4 is 17.6 Å². The summed E-state index contributed by atoms with van der Waals surface area (Å²) in [6, 6.07) is 11.1. The first kappa shape index (κ1) is 32.4. The quantitative estimate of drug-likeness (QED) is 0.499. The molecule has 0 aliphatic carbocycles. The van der Waals surface area contributed by atoms with Gasteiger partial charge in [0.15, 0.2) is 5.82 Å². The number of piperazine rings is 1. The number of rotatable bonds is 5. The summed E-state index contributed by atoms with van der Waals surface area (Å²) in [5.74, 6) is 1.06. The lowest BCUT2D eigenvalue weighted by atomic mass is 9.95. The van der Waals surface area contributed by atoms with Gasteiger partial charge in [-0.05, 0) is 90.8 Å². The average molecular weight is 649 g/mol. The number of phenolic OH excluding ortho intramolecular Hbond substituents is 1. The Hall–Kier alpha value is -3.19. The van der Waals surface area contributed by atoms with Gasteiger partial charge in [-0.1, -0.05) is 12.1 Å². The fourth-order valence-corrected chi connectivity index (χ4v) is 8.16. The summed E-state index contributed by atoms with van der Waals surface area (Å²) in [6.07, 6.45) is 4.68. The van der Waals surface area contributed by atoms with Crippen LogP contribution in [0.25, 0.3) is 11.3 Å². The molecular weight excluding hydrogens is 596 g/mol. The second kappa shape index (κ2) is 13.7. The van der Waals surface area contributed by atoms with E-state index < -0.39 is 5.60 Å². The standard InChI is InChI=1S/C35H52N8O4/c1-35(2,3)47-34(45)42-18-19-46-28(24-42)23-39-12-8-25(9-13-39)40-14-10-26(11-15-40)41-16-17-43-27(22-41)21-36-33-31(43)20-30(37-38-33)29-6-4-5-7-32(29)44/h4-7,20,25-28,44H,8-19,21-24H2,1-3H3,(H,36,38)/t27-,28-/m0/s1. The number of hydrogen-bond acceptors (Lipinski definition) is 11. The Morgan fingerprint density at radius 3 is 2.45 bits per heavy atom. The van der Waals surface area contributed by atoms with E-state index in [2.05, 4.69) is 41.2 Å². The summed E-state index contributed by atoms with van der Waals surface area (Å²) in [6.45, 7) is 16.9. The number of morpholine rings is 1. The number of fused-ring (bicyclic) bond motifs is 3. The van der Waals surface area contributed by atoms with E-state index in [9.17, 15) is 9.90 Å². The van der Waals surface area contributed by atoms with Gasteiger partial charge in [-0.2, -0.15) is 0 Å². The SMILES string of the molecule is CC(C)(C)OC(=O)N1CCO[C@@H](CN2CCC(N3CCC(N4CCN5c6cc(-c7ccccc7O)nnc6NC[C@H]5C4)CC3)CC2)C1. The molecule has 0 spiro atoms. The Bertz CT molecular complexity index is 1390. The van der Waals surface area contributed by atoms with E-state index in [1.807, 2.05) is 43.9 Å². The van der Waals surface area contributed by atoms with E-state index >= 15 is 0 Å². The fraction of sp³-hybridized carbons (Fsp3) is 0.686. The summed E-state index contributed by atoms with van der Waals surface area (Å²) < 4.78 is 11.6. The van der Waals surface area contributed by atoms with Crippen LogP contribution in [0.1, 0.15) is 46.5 Å². The molecule has 0 radical (unpaired) electrons. The van der Waals surface area contributed by atoms with Crippen molar-refractivity contribution in [3.8, 4) is 17.0 Å². The number of amides is 1. The number of aromatic nitrogens is 2. The second-order valence-corrected chi connectivity index (χ2v) is 14.9. The number of phenols is 1. The van der Waals surface area contributed by atoms with Gasteiger partial charge in [-0.25, -0.2) is 4.79 Å². The summed E-state index contributed by atoms with van der Waals surface area (Å²) in [4.78, 5) is 24.9. The van der Waals surface area contributed by atoms with Gasteiger partial charge in [0.05, 0.1) is 36.7 Å². The zero-order valence-corrected chi connectivity index (χ0v) is 28.3. The monoisotopic (exact) mass is 648 g/mol. The molecule has 1 aromatic carbocycles. The van der Waals surface area contributed by atoms with E-state index in [1.54, 1.807) is 6.07 Å². The smallest absolute Gasteiger partial charge is 0.410 e. The highest BCUT2D eigenvalue weighted by Gasteiger charge is 2.38. The van der Waals surface area contributed by atoms with E-state index in [0.717, 1.165) is 57.3 Å². The van der Waals surface area contributed by atoms with E-state index in [4.69, 9.17) is 9.47 Å². The van der Waals surface area contributed by atoms with Gasteiger partial charge in [0.2, 0.25) is 0 Å². The molecule has 2 atom stereocenters. The number of piperidine rings is 2. The molecule has 7 rings (SSSR count). The van der Waals surface area contributed by atoms with Crippen LogP contribution in [0.3, 0.4) is 0 Å². The van der Waals surface area contributed by atoms with Gasteiger partial charge in [0, 0.05) is 56.9 Å². The molecule has 0 saturated carbocycles. The number of anilines is 2. The molecule has 4 saturated heterocycles. The summed E-state index contributed by atoms with van der Waals surface area (Å²) in [7, 11) is 0. The lowest BCUT2D eigenvalue weighted by molar-refractivity contribution is -0.0560. The first-order valence-electron chi connectivity index (χ1n) is 17.7. The van der Waals surface area contributed by atoms with Crippen LogP contribution in [-0.4, -0.2) is 149 Å². The summed E-state index contributed by atoms with van der Waals surface area (Å²) in [5.41, 5.74) is 2.03. The lowest BCUT2D eigenvalue weighted by Gasteiger charge is -2.50. The number of para-hydroxylation sites is 1. The number of hydrogen-bond donors (Lipinski definition) is 2. The largest absolute Gasteiger partial charge is 0.507 e. The number of nitrogens with zero attached hydrogens (tertiary/aromatic N) is 7. The first-order valence-corrected chi connectivity index (χ1v) is 17.7. The maximum Gasteiger partial charge on any atom is 0.410 e. The van der Waals surface area contributed by atoms with Gasteiger partial charge < -0.3 is 39.5 Å². The van der Waals surface area contributed by atoms with Crippen molar-refractivity contribution in [3.63, 3.8) is 0 Å². The number of aromatic hydroxyl groups is 1. The maximum atomic E-state index is 12.6. The number of ether oxygens (including phenoxy) is 2. The molecule has 0 unspecified atom stereocenters. The van der Waals surface area contributed by atoms with Crippen molar-refractivity contribution in [3.05, 3.63) is 30.3 Å². The van der Waals surface area contributed by atoms with E-state index in [-0.39, 0.29) is 17.9 Å². The fourth-order valence-electron chi connectivity index (χ4n) is 8.16. The van der Waals surface area contributed by atoms with Crippen LogP contribution in [0.15, 0.2) is 30.3 Å². The van der Waals surface area contributed by atoms with Gasteiger partial charge in [-0.3, -0.25) is 4.90 Å². The number of benzene rings is 1. The second-order valence-electron chi connectivity index (χ2n) is 14.9. The molecule has 12 nitrogen and oxygen atoms in total. The van der Waals surface area contributed by atoms with Crippen LogP contribution in [0.2, 0.25) is 0 Å². The van der Waals surface area contributed by atoms with Crippen molar-refractivity contribution in [1.82, 2.24) is 29.8 Å².